The molecule has 0 atom stereocenters. The molecule has 1 fully saturated rings. The maximum absolute atomic E-state index is 11.7. The molecule has 1 aliphatic rings. The van der Waals surface area contributed by atoms with Crippen molar-refractivity contribution in [3.8, 4) is 0 Å². The van der Waals surface area contributed by atoms with E-state index in [0.717, 1.165) is 10.9 Å². The van der Waals surface area contributed by atoms with E-state index < -0.39 is 9.84 Å². The van der Waals surface area contributed by atoms with Crippen molar-refractivity contribution >= 4 is 20.6 Å². The predicted octanol–water partition coefficient (Wildman–Crippen LogP) is 3.43. The summed E-state index contributed by atoms with van der Waals surface area (Å²) in [6.07, 6.45) is 3.78. The lowest BCUT2D eigenvalue weighted by molar-refractivity contribution is 0.601. The summed E-state index contributed by atoms with van der Waals surface area (Å²) in [5.41, 5.74) is 2.22. The zero-order valence-corrected chi connectivity index (χ0v) is 11.4. The van der Waals surface area contributed by atoms with E-state index in [1.54, 1.807) is 0 Å². The number of hydrogen-bond acceptors (Lipinski definition) is 2. The molecule has 0 N–H and O–H groups in total. The highest BCUT2D eigenvalue weighted by Gasteiger charge is 2.25. The normalized spacial score (nSPS) is 16.1. The Labute approximate surface area is 108 Å². The molecule has 2 aromatic carbocycles. The Balaban J connectivity index is 2.32. The second-order valence-corrected chi connectivity index (χ2v) is 7.22. The lowest BCUT2D eigenvalue weighted by Crippen LogP contribution is -2.00. The smallest absolute Gasteiger partial charge is 0.175 e. The number of fused-ring (bicyclic) bond motifs is 1. The highest BCUT2D eigenvalue weighted by molar-refractivity contribution is 7.90. The molecule has 3 rings (SSSR count). The monoisotopic (exact) mass is 260 g/mol. The summed E-state index contributed by atoms with van der Waals surface area (Å²) < 4.78 is 23.5. The van der Waals surface area contributed by atoms with E-state index in [1.165, 1.54) is 30.0 Å². The van der Waals surface area contributed by atoms with Gasteiger partial charge in [-0.25, -0.2) is 8.42 Å². The fraction of sp³-hybridized carbons (Fsp3) is 0.333. The number of benzene rings is 2. The van der Waals surface area contributed by atoms with Crippen molar-refractivity contribution in [1.29, 1.82) is 0 Å². The number of rotatable bonds is 2. The highest BCUT2D eigenvalue weighted by atomic mass is 32.2. The minimum absolute atomic E-state index is 0.447. The van der Waals surface area contributed by atoms with Crippen molar-refractivity contribution < 1.29 is 8.42 Å². The molecule has 0 bridgehead atoms. The average molecular weight is 260 g/mol. The quantitative estimate of drug-likeness (QED) is 0.829. The van der Waals surface area contributed by atoms with Crippen molar-refractivity contribution in [3.05, 3.63) is 41.5 Å². The Bertz CT molecular complexity index is 725. The van der Waals surface area contributed by atoms with Crippen LogP contribution in [0.25, 0.3) is 10.8 Å². The fourth-order valence-corrected chi connectivity index (χ4v) is 3.57. The molecule has 0 saturated heterocycles. The van der Waals surface area contributed by atoms with Gasteiger partial charge in [-0.1, -0.05) is 18.2 Å². The lowest BCUT2D eigenvalue weighted by atomic mass is 9.99. The molecule has 0 aromatic heterocycles. The summed E-state index contributed by atoms with van der Waals surface area (Å²) in [6.45, 7) is 1.87. The van der Waals surface area contributed by atoms with Gasteiger partial charge in [0.2, 0.25) is 0 Å². The van der Waals surface area contributed by atoms with Crippen molar-refractivity contribution in [1.82, 2.24) is 0 Å². The van der Waals surface area contributed by atoms with Gasteiger partial charge >= 0.3 is 0 Å². The first-order valence-electron chi connectivity index (χ1n) is 6.20. The van der Waals surface area contributed by atoms with Gasteiger partial charge in [-0.05, 0) is 59.7 Å². The van der Waals surface area contributed by atoms with E-state index in [0.29, 0.717) is 10.8 Å². The molecule has 0 radical (unpaired) electrons. The van der Waals surface area contributed by atoms with Crippen LogP contribution < -0.4 is 0 Å². The topological polar surface area (TPSA) is 34.1 Å². The molecule has 0 unspecified atom stereocenters. The summed E-state index contributed by atoms with van der Waals surface area (Å²) in [6, 6.07) is 10.0. The van der Waals surface area contributed by atoms with Crippen LogP contribution in [0.1, 0.15) is 29.9 Å². The SMILES string of the molecule is Cc1cc2c(C3CC3)cccc2cc1S(C)(=O)=O. The maximum atomic E-state index is 11.7. The molecular formula is C15H16O2S. The van der Waals surface area contributed by atoms with Gasteiger partial charge in [0, 0.05) is 6.26 Å². The molecule has 2 nitrogen and oxygen atoms in total. The van der Waals surface area contributed by atoms with E-state index >= 15 is 0 Å². The van der Waals surface area contributed by atoms with E-state index in [2.05, 4.69) is 6.07 Å². The van der Waals surface area contributed by atoms with Crippen molar-refractivity contribution in [3.63, 3.8) is 0 Å². The average Bonchev–Trinajstić information content (AvgIpc) is 3.09. The zero-order chi connectivity index (χ0) is 12.9. The molecule has 2 aromatic rings. The third kappa shape index (κ3) is 1.93. The molecule has 1 saturated carbocycles. The Morgan fingerprint density at radius 1 is 1.17 bits per heavy atom. The first kappa shape index (κ1) is 11.7. The molecule has 0 amide bonds. The van der Waals surface area contributed by atoms with Gasteiger partial charge in [-0.15, -0.1) is 0 Å². The van der Waals surface area contributed by atoms with E-state index in [9.17, 15) is 8.42 Å². The van der Waals surface area contributed by atoms with Gasteiger partial charge in [0.05, 0.1) is 4.90 Å². The second kappa shape index (κ2) is 3.82. The summed E-state index contributed by atoms with van der Waals surface area (Å²) in [7, 11) is -3.14. The Kier molecular flexibility index (Phi) is 2.49. The standard InChI is InChI=1S/C15H16O2S/c1-10-8-14-12(9-15(10)18(2,16)17)4-3-5-13(14)11-6-7-11/h3-5,8-9,11H,6-7H2,1-2H3. The van der Waals surface area contributed by atoms with Crippen molar-refractivity contribution in [2.45, 2.75) is 30.6 Å². The predicted molar refractivity (Wildman–Crippen MR) is 73.8 cm³/mol. The van der Waals surface area contributed by atoms with Gasteiger partial charge < -0.3 is 0 Å². The molecular weight excluding hydrogens is 244 g/mol. The minimum atomic E-state index is -3.14. The van der Waals surface area contributed by atoms with Crippen molar-refractivity contribution in [2.24, 2.45) is 0 Å². The van der Waals surface area contributed by atoms with Crippen LogP contribution >= 0.6 is 0 Å². The van der Waals surface area contributed by atoms with E-state index in [4.69, 9.17) is 0 Å². The second-order valence-electron chi connectivity index (χ2n) is 5.23. The lowest BCUT2D eigenvalue weighted by Gasteiger charge is -2.10. The molecule has 0 aliphatic heterocycles. The maximum Gasteiger partial charge on any atom is 0.175 e. The van der Waals surface area contributed by atoms with E-state index in [-0.39, 0.29) is 0 Å². The first-order valence-corrected chi connectivity index (χ1v) is 8.09. The molecule has 18 heavy (non-hydrogen) atoms. The van der Waals surface area contributed by atoms with Crippen molar-refractivity contribution in [2.75, 3.05) is 6.26 Å². The van der Waals surface area contributed by atoms with E-state index in [1.807, 2.05) is 31.2 Å². The fourth-order valence-electron chi connectivity index (χ4n) is 2.59. The van der Waals surface area contributed by atoms with Crippen LogP contribution in [0.4, 0.5) is 0 Å². The Morgan fingerprint density at radius 3 is 2.50 bits per heavy atom. The van der Waals surface area contributed by atoms with Crippen LogP contribution in [-0.4, -0.2) is 14.7 Å². The third-order valence-corrected chi connectivity index (χ3v) is 4.87. The highest BCUT2D eigenvalue weighted by Crippen LogP contribution is 2.43. The Hall–Kier alpha value is -1.35. The van der Waals surface area contributed by atoms with Crippen LogP contribution in [0.15, 0.2) is 35.2 Å². The zero-order valence-electron chi connectivity index (χ0n) is 10.6. The molecule has 0 heterocycles. The molecule has 0 spiro atoms. The van der Waals surface area contributed by atoms with Crippen LogP contribution in [0.2, 0.25) is 0 Å². The Morgan fingerprint density at radius 2 is 1.89 bits per heavy atom. The van der Waals surface area contributed by atoms with Crippen LogP contribution in [0, 0.1) is 6.92 Å². The number of sulfone groups is 1. The summed E-state index contributed by atoms with van der Waals surface area (Å²) >= 11 is 0. The van der Waals surface area contributed by atoms with Crippen LogP contribution in [0.5, 0.6) is 0 Å². The summed E-state index contributed by atoms with van der Waals surface area (Å²) in [5.74, 6) is 0.678. The minimum Gasteiger partial charge on any atom is -0.224 e. The summed E-state index contributed by atoms with van der Waals surface area (Å²) in [5, 5.41) is 2.25. The number of aryl methyl sites for hydroxylation is 1. The number of hydrogen-bond donors (Lipinski definition) is 0. The largest absolute Gasteiger partial charge is 0.224 e. The van der Waals surface area contributed by atoms with Gasteiger partial charge in [0.15, 0.2) is 9.84 Å². The van der Waals surface area contributed by atoms with Crippen LogP contribution in [0.3, 0.4) is 0 Å². The van der Waals surface area contributed by atoms with Gasteiger partial charge in [-0.2, -0.15) is 0 Å². The summed E-state index contributed by atoms with van der Waals surface area (Å²) in [4.78, 5) is 0.447. The van der Waals surface area contributed by atoms with Gasteiger partial charge in [0.1, 0.15) is 0 Å². The molecule has 1 aliphatic carbocycles. The van der Waals surface area contributed by atoms with Crippen LogP contribution in [-0.2, 0) is 9.84 Å². The molecule has 3 heteroatoms. The molecule has 94 valence electrons. The first-order chi connectivity index (χ1) is 8.47. The van der Waals surface area contributed by atoms with Gasteiger partial charge in [-0.3, -0.25) is 0 Å². The van der Waals surface area contributed by atoms with Gasteiger partial charge in [0.25, 0.3) is 0 Å². The third-order valence-electron chi connectivity index (χ3n) is 3.63.